The summed E-state index contributed by atoms with van der Waals surface area (Å²) in [4.78, 5) is 23.2. The van der Waals surface area contributed by atoms with Crippen LogP contribution in [0.4, 0.5) is 0 Å². The number of quaternary nitrogens is 1. The van der Waals surface area contributed by atoms with Crippen molar-refractivity contribution < 1.29 is 38.0 Å². The number of phosphoric acid groups is 1. The van der Waals surface area contributed by atoms with Crippen molar-refractivity contribution in [3.8, 4) is 0 Å². The molecule has 0 fully saturated rings. The van der Waals surface area contributed by atoms with Crippen LogP contribution in [0.15, 0.2) is 97.2 Å². The second kappa shape index (κ2) is 45.2. The van der Waals surface area contributed by atoms with Crippen LogP contribution in [-0.4, -0.2) is 84.6 Å². The minimum atomic E-state index is -4.44. The molecule has 10 heteroatoms. The van der Waals surface area contributed by atoms with Gasteiger partial charge in [-0.05, 0) is 103 Å². The number of carbonyl (C=O) groups is 1. The summed E-state index contributed by atoms with van der Waals surface area (Å²) in [5.41, 5.74) is 0. The highest BCUT2D eigenvalue weighted by Gasteiger charge is 2.31. The number of rotatable bonds is 45. The number of aliphatic hydroxyl groups excluding tert-OH is 2. The lowest BCUT2D eigenvalue weighted by atomic mass is 10.0. The van der Waals surface area contributed by atoms with E-state index in [2.05, 4.69) is 109 Å². The fourth-order valence-corrected chi connectivity index (χ4v) is 7.65. The molecule has 0 aliphatic rings. The zero-order valence-corrected chi connectivity index (χ0v) is 42.9. The number of allylic oxidation sites excluding steroid dienone is 16. The van der Waals surface area contributed by atoms with Gasteiger partial charge in [0.25, 0.3) is 0 Å². The summed E-state index contributed by atoms with van der Waals surface area (Å²) < 4.78 is 23.5. The monoisotopic (exact) mass is 930 g/mol. The fraction of sp³-hybridized carbons (Fsp3) is 0.691. The first-order valence-corrected chi connectivity index (χ1v) is 27.1. The van der Waals surface area contributed by atoms with Crippen LogP contribution in [0, 0.1) is 0 Å². The van der Waals surface area contributed by atoms with Crippen molar-refractivity contribution in [2.45, 2.75) is 205 Å². The number of amides is 1. The standard InChI is InChI=1S/C55H97N2O7P/c1-6-8-10-12-14-16-18-20-21-22-23-24-25-26-27-28-29-30-31-32-33-34-35-36-38-40-42-44-46-48-54(59)56-52(51-64-65(61,62)63-50-49-57(3,4)5)55(60)53(58)47-45-43-41-39-37-19-17-15-13-11-9-7-2/h7-10,14-17,20-21,23-24,26-27,39,41,52-53,55,58,60H,6,11-13,18-19,22,25,28-38,40,42-51H2,1-5H3,(H-,56,59,61,62)/p+1/b9-7+,10-8-,16-14-,17-15+,21-20-,24-23-,27-26-,41-39+. The van der Waals surface area contributed by atoms with Crippen molar-refractivity contribution in [1.29, 1.82) is 0 Å². The van der Waals surface area contributed by atoms with E-state index in [0.717, 1.165) is 83.5 Å². The van der Waals surface area contributed by atoms with E-state index < -0.39 is 32.7 Å². The first-order valence-electron chi connectivity index (χ1n) is 25.7. The molecule has 4 atom stereocenters. The molecule has 0 spiro atoms. The molecule has 0 aromatic heterocycles. The third-order valence-electron chi connectivity index (χ3n) is 11.0. The molecule has 374 valence electrons. The van der Waals surface area contributed by atoms with Crippen molar-refractivity contribution in [1.82, 2.24) is 5.32 Å². The molecule has 65 heavy (non-hydrogen) atoms. The molecule has 4 unspecified atom stereocenters. The molecule has 0 bridgehead atoms. The van der Waals surface area contributed by atoms with Crippen molar-refractivity contribution in [3.63, 3.8) is 0 Å². The van der Waals surface area contributed by atoms with E-state index in [4.69, 9.17) is 9.05 Å². The Labute approximate surface area is 399 Å². The third-order valence-corrected chi connectivity index (χ3v) is 11.9. The Morgan fingerprint density at radius 2 is 0.985 bits per heavy atom. The van der Waals surface area contributed by atoms with Gasteiger partial charge in [-0.15, -0.1) is 0 Å². The van der Waals surface area contributed by atoms with Gasteiger partial charge in [-0.3, -0.25) is 13.8 Å². The van der Waals surface area contributed by atoms with Crippen molar-refractivity contribution in [2.75, 3.05) is 40.9 Å². The number of hydrogen-bond donors (Lipinski definition) is 4. The molecule has 0 saturated heterocycles. The Balaban J connectivity index is 4.27. The molecular weight excluding hydrogens is 832 g/mol. The number of unbranched alkanes of at least 4 members (excludes halogenated alkanes) is 16. The minimum absolute atomic E-state index is 0.00769. The second-order valence-corrected chi connectivity index (χ2v) is 19.7. The van der Waals surface area contributed by atoms with Crippen LogP contribution in [-0.2, 0) is 18.4 Å². The summed E-state index contributed by atoms with van der Waals surface area (Å²) in [6.45, 7) is 4.23. The minimum Gasteiger partial charge on any atom is -0.390 e. The fourth-order valence-electron chi connectivity index (χ4n) is 6.91. The molecule has 0 heterocycles. The smallest absolute Gasteiger partial charge is 0.390 e. The van der Waals surface area contributed by atoms with Crippen LogP contribution < -0.4 is 5.32 Å². The maximum Gasteiger partial charge on any atom is 0.472 e. The lowest BCUT2D eigenvalue weighted by molar-refractivity contribution is -0.870. The number of nitrogens with zero attached hydrogens (tertiary/aromatic N) is 1. The lowest BCUT2D eigenvalue weighted by Crippen LogP contribution is -2.51. The maximum atomic E-state index is 13.0. The highest BCUT2D eigenvalue weighted by atomic mass is 31.2. The summed E-state index contributed by atoms with van der Waals surface area (Å²) in [6.07, 6.45) is 60.7. The van der Waals surface area contributed by atoms with Gasteiger partial charge in [0.1, 0.15) is 19.3 Å². The molecular formula is C55H98N2O7P+. The molecule has 1 amide bonds. The van der Waals surface area contributed by atoms with E-state index in [1.807, 2.05) is 28.1 Å². The first-order chi connectivity index (χ1) is 31.4. The molecule has 4 N–H and O–H groups in total. The van der Waals surface area contributed by atoms with Crippen molar-refractivity contribution >= 4 is 13.7 Å². The molecule has 0 aliphatic heterocycles. The molecule has 0 radical (unpaired) electrons. The van der Waals surface area contributed by atoms with Gasteiger partial charge in [-0.25, -0.2) is 4.57 Å². The Hall–Kier alpha value is -2.62. The second-order valence-electron chi connectivity index (χ2n) is 18.3. The molecule has 0 saturated carbocycles. The Kier molecular flexibility index (Phi) is 43.4. The van der Waals surface area contributed by atoms with E-state index in [9.17, 15) is 24.5 Å². The average molecular weight is 930 g/mol. The Bertz CT molecular complexity index is 1390. The number of hydrogen-bond acceptors (Lipinski definition) is 6. The van der Waals surface area contributed by atoms with Crippen LogP contribution >= 0.6 is 7.82 Å². The zero-order chi connectivity index (χ0) is 48.0. The summed E-state index contributed by atoms with van der Waals surface area (Å²) in [5, 5.41) is 24.7. The summed E-state index contributed by atoms with van der Waals surface area (Å²) in [6, 6.07) is -1.07. The highest BCUT2D eigenvalue weighted by molar-refractivity contribution is 7.47. The van der Waals surface area contributed by atoms with Gasteiger partial charge in [0, 0.05) is 6.42 Å². The zero-order valence-electron chi connectivity index (χ0n) is 42.1. The summed E-state index contributed by atoms with van der Waals surface area (Å²) >= 11 is 0. The van der Waals surface area contributed by atoms with E-state index in [-0.39, 0.29) is 18.9 Å². The molecule has 0 rings (SSSR count). The molecule has 9 nitrogen and oxygen atoms in total. The summed E-state index contributed by atoms with van der Waals surface area (Å²) in [5.74, 6) is -0.281. The van der Waals surface area contributed by atoms with Gasteiger partial charge in [0.2, 0.25) is 5.91 Å². The maximum absolute atomic E-state index is 13.0. The Morgan fingerprint density at radius 3 is 1.48 bits per heavy atom. The first kappa shape index (κ1) is 62.4. The SMILES string of the molecule is C/C=C/CC/C=C/CC/C=C/CCCC(O)C(O)C(COP(=O)(O)OCC[N+](C)(C)C)NC(=O)CCCCCCCCCCCCCCC/C=C\C/C=C\C/C=C\C/C=C\C/C=C\CC. The topological polar surface area (TPSA) is 125 Å². The number of aliphatic hydroxyl groups is 2. The van der Waals surface area contributed by atoms with Crippen molar-refractivity contribution in [2.24, 2.45) is 0 Å². The molecule has 0 aromatic rings. The van der Waals surface area contributed by atoms with Gasteiger partial charge >= 0.3 is 7.82 Å². The quantitative estimate of drug-likeness (QED) is 0.0207. The van der Waals surface area contributed by atoms with Crippen LogP contribution in [0.3, 0.4) is 0 Å². The lowest BCUT2D eigenvalue weighted by Gasteiger charge is -2.28. The summed E-state index contributed by atoms with van der Waals surface area (Å²) in [7, 11) is 1.39. The van der Waals surface area contributed by atoms with Gasteiger partial charge in [-0.1, -0.05) is 175 Å². The Morgan fingerprint density at radius 1 is 0.569 bits per heavy atom. The predicted molar refractivity (Wildman–Crippen MR) is 278 cm³/mol. The number of phosphoric ester groups is 1. The van der Waals surface area contributed by atoms with Crippen LogP contribution in [0.25, 0.3) is 0 Å². The predicted octanol–water partition coefficient (Wildman–Crippen LogP) is 14.1. The third kappa shape index (κ3) is 46.3. The van der Waals surface area contributed by atoms with Gasteiger partial charge in [0.05, 0.1) is 39.9 Å². The van der Waals surface area contributed by atoms with Gasteiger partial charge in [0.15, 0.2) is 0 Å². The van der Waals surface area contributed by atoms with Crippen molar-refractivity contribution in [3.05, 3.63) is 97.2 Å². The molecule has 0 aromatic carbocycles. The van der Waals surface area contributed by atoms with Crippen LogP contribution in [0.5, 0.6) is 0 Å². The number of nitrogens with one attached hydrogen (secondary N) is 1. The highest BCUT2D eigenvalue weighted by Crippen LogP contribution is 2.43. The number of carbonyl (C=O) groups excluding carboxylic acids is 1. The van der Waals surface area contributed by atoms with Gasteiger partial charge < -0.3 is 24.9 Å². The molecule has 0 aliphatic carbocycles. The largest absolute Gasteiger partial charge is 0.472 e. The number of likely N-dealkylation sites (N-methyl/N-ethyl adjacent to an activating group) is 1. The van der Waals surface area contributed by atoms with E-state index in [1.54, 1.807) is 0 Å². The van der Waals surface area contributed by atoms with E-state index in [1.165, 1.54) is 64.2 Å². The van der Waals surface area contributed by atoms with Crippen LogP contribution in [0.2, 0.25) is 0 Å². The van der Waals surface area contributed by atoms with E-state index >= 15 is 0 Å². The average Bonchev–Trinajstić information content (AvgIpc) is 3.26. The van der Waals surface area contributed by atoms with E-state index in [0.29, 0.717) is 30.3 Å². The normalized spacial score (nSPS) is 15.4. The van der Waals surface area contributed by atoms with Gasteiger partial charge in [-0.2, -0.15) is 0 Å². The van der Waals surface area contributed by atoms with Crippen LogP contribution in [0.1, 0.15) is 187 Å².